The second-order valence-corrected chi connectivity index (χ2v) is 3.74. The van der Waals surface area contributed by atoms with E-state index in [-0.39, 0.29) is 0 Å². The van der Waals surface area contributed by atoms with Crippen LogP contribution in [0, 0.1) is 11.8 Å². The molecule has 0 bridgehead atoms. The van der Waals surface area contributed by atoms with Gasteiger partial charge in [0.25, 0.3) is 0 Å². The van der Waals surface area contributed by atoms with Gasteiger partial charge in [-0.3, -0.25) is 0 Å². The smallest absolute Gasteiger partial charge is 0.154 e. The molecule has 0 amide bonds. The number of hydrogen-bond donors (Lipinski definition) is 0. The number of rotatable bonds is 1. The molecule has 0 spiro atoms. The normalized spacial score (nSPS) is 40.1. The summed E-state index contributed by atoms with van der Waals surface area (Å²) in [5.41, 5.74) is 0. The van der Waals surface area contributed by atoms with Gasteiger partial charge in [-0.05, 0) is 12.3 Å². The Hall–Kier alpha value is -0.330. The first kappa shape index (κ1) is 7.77. The van der Waals surface area contributed by atoms with Gasteiger partial charge in [-0.2, -0.15) is 0 Å². The highest BCUT2D eigenvalue weighted by Crippen LogP contribution is 2.32. The van der Waals surface area contributed by atoms with Gasteiger partial charge >= 0.3 is 0 Å². The minimum atomic E-state index is 0.731. The molecule has 1 heteroatoms. The molecule has 3 unspecified atom stereocenters. The summed E-state index contributed by atoms with van der Waals surface area (Å²) < 4.78 is 2.12. The van der Waals surface area contributed by atoms with Crippen molar-refractivity contribution < 1.29 is 4.58 Å². The minimum absolute atomic E-state index is 0.731. The van der Waals surface area contributed by atoms with Gasteiger partial charge in [-0.15, -0.1) is 0 Å². The van der Waals surface area contributed by atoms with Crippen molar-refractivity contribution in [3.8, 4) is 0 Å². The maximum Gasteiger partial charge on any atom is 0.154 e. The van der Waals surface area contributed by atoms with E-state index in [4.69, 9.17) is 0 Å². The Bertz CT molecular complexity index is 140. The summed E-state index contributed by atoms with van der Waals surface area (Å²) >= 11 is 0. The van der Waals surface area contributed by atoms with Crippen LogP contribution in [0.4, 0.5) is 0 Å². The van der Waals surface area contributed by atoms with Crippen LogP contribution in [0.15, 0.2) is 0 Å². The molecule has 58 valence electrons. The SMILES string of the molecule is C=[N+](C)C1CCC(C)C1C. The lowest BCUT2D eigenvalue weighted by atomic mass is 9.98. The minimum Gasteiger partial charge on any atom is -0.242 e. The van der Waals surface area contributed by atoms with Crippen LogP contribution in [-0.4, -0.2) is 24.4 Å². The fourth-order valence-corrected chi connectivity index (χ4v) is 1.96. The average Bonchev–Trinajstić information content (AvgIpc) is 2.14. The van der Waals surface area contributed by atoms with E-state index >= 15 is 0 Å². The van der Waals surface area contributed by atoms with Crippen molar-refractivity contribution in [1.29, 1.82) is 0 Å². The molecule has 1 saturated carbocycles. The van der Waals surface area contributed by atoms with Crippen LogP contribution in [0.25, 0.3) is 0 Å². The maximum atomic E-state index is 3.94. The van der Waals surface area contributed by atoms with Gasteiger partial charge in [0.05, 0.1) is 0 Å². The molecule has 0 aliphatic heterocycles. The summed E-state index contributed by atoms with van der Waals surface area (Å²) in [6.07, 6.45) is 2.72. The third-order valence-electron chi connectivity index (χ3n) is 2.99. The molecule has 1 aliphatic rings. The second-order valence-electron chi connectivity index (χ2n) is 3.74. The summed E-state index contributed by atoms with van der Waals surface area (Å²) in [6, 6.07) is 0.731. The molecule has 0 aromatic carbocycles. The summed E-state index contributed by atoms with van der Waals surface area (Å²) in [5.74, 6) is 1.73. The van der Waals surface area contributed by atoms with Crippen molar-refractivity contribution in [3.05, 3.63) is 0 Å². The molecule has 1 aliphatic carbocycles. The molecule has 1 rings (SSSR count). The zero-order valence-corrected chi connectivity index (χ0v) is 7.30. The number of nitrogens with zero attached hydrogens (tertiary/aromatic N) is 1. The third kappa shape index (κ3) is 1.23. The molecule has 0 radical (unpaired) electrons. The van der Waals surface area contributed by atoms with Crippen LogP contribution in [-0.2, 0) is 0 Å². The maximum absolute atomic E-state index is 3.94. The monoisotopic (exact) mass is 140 g/mol. The molecule has 0 aromatic rings. The molecule has 1 nitrogen and oxygen atoms in total. The predicted molar refractivity (Wildman–Crippen MR) is 44.7 cm³/mol. The number of hydrogen-bond acceptors (Lipinski definition) is 0. The van der Waals surface area contributed by atoms with E-state index in [9.17, 15) is 0 Å². The van der Waals surface area contributed by atoms with Gasteiger partial charge in [-0.1, -0.05) is 13.8 Å². The standard InChI is InChI=1S/C9H18N/c1-7-5-6-9(8(7)2)10(3)4/h7-9H,3,5-6H2,1-2,4H3/q+1. The van der Waals surface area contributed by atoms with Gasteiger partial charge in [0, 0.05) is 12.3 Å². The molecule has 0 heterocycles. The first-order valence-corrected chi connectivity index (χ1v) is 4.16. The lowest BCUT2D eigenvalue weighted by Gasteiger charge is -2.12. The van der Waals surface area contributed by atoms with Crippen molar-refractivity contribution in [1.82, 2.24) is 0 Å². The molecule has 0 saturated heterocycles. The Morgan fingerprint density at radius 1 is 1.30 bits per heavy atom. The molecule has 0 N–H and O–H groups in total. The summed E-state index contributed by atoms with van der Waals surface area (Å²) in [7, 11) is 2.08. The molecular formula is C9H18N+. The molecule has 1 fully saturated rings. The van der Waals surface area contributed by atoms with E-state index in [2.05, 4.69) is 32.2 Å². The Balaban J connectivity index is 2.57. The average molecular weight is 140 g/mol. The van der Waals surface area contributed by atoms with Gasteiger partial charge in [0.1, 0.15) is 13.8 Å². The Morgan fingerprint density at radius 3 is 2.10 bits per heavy atom. The largest absolute Gasteiger partial charge is 0.242 e. The fraction of sp³-hybridized carbons (Fsp3) is 0.889. The van der Waals surface area contributed by atoms with Crippen LogP contribution in [0.5, 0.6) is 0 Å². The molecule has 0 aromatic heterocycles. The highest BCUT2D eigenvalue weighted by Gasteiger charge is 2.34. The lowest BCUT2D eigenvalue weighted by molar-refractivity contribution is -0.536. The quantitative estimate of drug-likeness (QED) is 0.386. The van der Waals surface area contributed by atoms with Crippen LogP contribution < -0.4 is 0 Å². The van der Waals surface area contributed by atoms with Crippen LogP contribution in [0.2, 0.25) is 0 Å². The topological polar surface area (TPSA) is 3.01 Å². The Kier molecular flexibility index (Phi) is 2.12. The second kappa shape index (κ2) is 2.73. The van der Waals surface area contributed by atoms with Crippen molar-refractivity contribution >= 4 is 6.72 Å². The van der Waals surface area contributed by atoms with Gasteiger partial charge in [-0.25, -0.2) is 4.58 Å². The first-order chi connectivity index (χ1) is 4.63. The van der Waals surface area contributed by atoms with E-state index < -0.39 is 0 Å². The van der Waals surface area contributed by atoms with E-state index in [1.807, 2.05) is 0 Å². The lowest BCUT2D eigenvalue weighted by Crippen LogP contribution is -2.25. The highest BCUT2D eigenvalue weighted by molar-refractivity contribution is 5.14. The van der Waals surface area contributed by atoms with Crippen molar-refractivity contribution in [3.63, 3.8) is 0 Å². The van der Waals surface area contributed by atoms with E-state index in [1.165, 1.54) is 12.8 Å². The Labute approximate surface area is 63.8 Å². The Morgan fingerprint density at radius 2 is 1.90 bits per heavy atom. The molecule has 3 atom stereocenters. The fourth-order valence-electron chi connectivity index (χ4n) is 1.96. The van der Waals surface area contributed by atoms with Gasteiger partial charge < -0.3 is 0 Å². The van der Waals surface area contributed by atoms with Crippen LogP contribution >= 0.6 is 0 Å². The van der Waals surface area contributed by atoms with E-state index in [0.717, 1.165) is 17.9 Å². The van der Waals surface area contributed by atoms with Crippen molar-refractivity contribution in [2.75, 3.05) is 7.05 Å². The third-order valence-corrected chi connectivity index (χ3v) is 2.99. The zero-order chi connectivity index (χ0) is 7.72. The zero-order valence-electron chi connectivity index (χ0n) is 7.30. The van der Waals surface area contributed by atoms with E-state index in [1.54, 1.807) is 0 Å². The molecule has 10 heavy (non-hydrogen) atoms. The first-order valence-electron chi connectivity index (χ1n) is 4.16. The summed E-state index contributed by atoms with van der Waals surface area (Å²) in [6.45, 7) is 8.62. The highest BCUT2D eigenvalue weighted by atomic mass is 15.0. The van der Waals surface area contributed by atoms with Gasteiger partial charge in [0.2, 0.25) is 0 Å². The van der Waals surface area contributed by atoms with Crippen LogP contribution in [0.3, 0.4) is 0 Å². The summed E-state index contributed by atoms with van der Waals surface area (Å²) in [4.78, 5) is 0. The van der Waals surface area contributed by atoms with Gasteiger partial charge in [0.15, 0.2) is 6.04 Å². The van der Waals surface area contributed by atoms with Crippen molar-refractivity contribution in [2.45, 2.75) is 32.7 Å². The molecular weight excluding hydrogens is 122 g/mol. The van der Waals surface area contributed by atoms with Crippen LogP contribution in [0.1, 0.15) is 26.7 Å². The summed E-state index contributed by atoms with van der Waals surface area (Å²) in [5, 5.41) is 0. The predicted octanol–water partition coefficient (Wildman–Crippen LogP) is 1.76. The van der Waals surface area contributed by atoms with E-state index in [0.29, 0.717) is 0 Å². The van der Waals surface area contributed by atoms with Crippen molar-refractivity contribution in [2.24, 2.45) is 11.8 Å².